The lowest BCUT2D eigenvalue weighted by molar-refractivity contribution is 0.251. The van der Waals surface area contributed by atoms with Crippen molar-refractivity contribution < 1.29 is 9.53 Å². The van der Waals surface area contributed by atoms with Gasteiger partial charge in [-0.05, 0) is 38.2 Å². The standard InChI is InChI=1S/C12H19N3O2/c1-9(13-2)8-14-12(16)15-10-4-6-11(17-3)7-5-10/h4-7,9,13H,8H2,1-3H3,(H2,14,15,16). The molecule has 0 spiro atoms. The molecule has 1 aromatic carbocycles. The fourth-order valence-electron chi connectivity index (χ4n) is 1.20. The van der Waals surface area contributed by atoms with Crippen LogP contribution in [-0.4, -0.2) is 32.8 Å². The van der Waals surface area contributed by atoms with Gasteiger partial charge in [-0.2, -0.15) is 0 Å². The number of hydrogen-bond acceptors (Lipinski definition) is 3. The summed E-state index contributed by atoms with van der Waals surface area (Å²) in [6.45, 7) is 2.58. The van der Waals surface area contributed by atoms with Crippen LogP contribution in [0.1, 0.15) is 6.92 Å². The fraction of sp³-hybridized carbons (Fsp3) is 0.417. The lowest BCUT2D eigenvalue weighted by Crippen LogP contribution is -2.39. The number of anilines is 1. The predicted octanol–water partition coefficient (Wildman–Crippen LogP) is 1.42. The monoisotopic (exact) mass is 237 g/mol. The first-order valence-corrected chi connectivity index (χ1v) is 5.52. The molecule has 0 aliphatic rings. The number of likely N-dealkylation sites (N-methyl/N-ethyl adjacent to an activating group) is 1. The number of ether oxygens (including phenoxy) is 1. The Morgan fingerprint density at radius 3 is 2.53 bits per heavy atom. The van der Waals surface area contributed by atoms with Gasteiger partial charge in [0, 0.05) is 18.3 Å². The SMILES string of the molecule is CNC(C)CNC(=O)Nc1ccc(OC)cc1. The number of carbonyl (C=O) groups excluding carboxylic acids is 1. The highest BCUT2D eigenvalue weighted by Crippen LogP contribution is 2.14. The molecular weight excluding hydrogens is 218 g/mol. The zero-order valence-corrected chi connectivity index (χ0v) is 10.4. The Hall–Kier alpha value is -1.75. The number of hydrogen-bond donors (Lipinski definition) is 3. The fourth-order valence-corrected chi connectivity index (χ4v) is 1.20. The molecule has 5 nitrogen and oxygen atoms in total. The molecule has 0 radical (unpaired) electrons. The third-order valence-electron chi connectivity index (χ3n) is 2.41. The number of urea groups is 1. The third kappa shape index (κ3) is 4.74. The molecule has 17 heavy (non-hydrogen) atoms. The minimum atomic E-state index is -0.211. The smallest absolute Gasteiger partial charge is 0.319 e. The second-order valence-electron chi connectivity index (χ2n) is 3.75. The first-order valence-electron chi connectivity index (χ1n) is 5.52. The van der Waals surface area contributed by atoms with Gasteiger partial charge in [0.2, 0.25) is 0 Å². The van der Waals surface area contributed by atoms with E-state index in [-0.39, 0.29) is 12.1 Å². The van der Waals surface area contributed by atoms with Crippen LogP contribution in [0.5, 0.6) is 5.75 Å². The molecule has 0 bridgehead atoms. The zero-order valence-electron chi connectivity index (χ0n) is 10.4. The topological polar surface area (TPSA) is 62.4 Å². The minimum Gasteiger partial charge on any atom is -0.497 e. The van der Waals surface area contributed by atoms with Gasteiger partial charge in [0.15, 0.2) is 0 Å². The molecule has 1 unspecified atom stereocenters. The van der Waals surface area contributed by atoms with Gasteiger partial charge >= 0.3 is 6.03 Å². The van der Waals surface area contributed by atoms with Crippen LogP contribution in [0.25, 0.3) is 0 Å². The zero-order chi connectivity index (χ0) is 12.7. The first-order chi connectivity index (χ1) is 8.15. The third-order valence-corrected chi connectivity index (χ3v) is 2.41. The van der Waals surface area contributed by atoms with Crippen molar-refractivity contribution in [2.45, 2.75) is 13.0 Å². The molecule has 1 aromatic rings. The molecule has 1 rings (SSSR count). The highest BCUT2D eigenvalue weighted by atomic mass is 16.5. The van der Waals surface area contributed by atoms with E-state index in [0.717, 1.165) is 11.4 Å². The van der Waals surface area contributed by atoms with Gasteiger partial charge in [0.25, 0.3) is 0 Å². The van der Waals surface area contributed by atoms with Gasteiger partial charge in [-0.25, -0.2) is 4.79 Å². The summed E-state index contributed by atoms with van der Waals surface area (Å²) in [7, 11) is 3.46. The lowest BCUT2D eigenvalue weighted by Gasteiger charge is -2.12. The molecule has 94 valence electrons. The van der Waals surface area contributed by atoms with Crippen molar-refractivity contribution in [3.8, 4) is 5.75 Å². The highest BCUT2D eigenvalue weighted by molar-refractivity contribution is 5.89. The van der Waals surface area contributed by atoms with Gasteiger partial charge < -0.3 is 20.7 Å². The van der Waals surface area contributed by atoms with E-state index < -0.39 is 0 Å². The Bertz CT molecular complexity index is 351. The minimum absolute atomic E-state index is 0.211. The van der Waals surface area contributed by atoms with Crippen molar-refractivity contribution >= 4 is 11.7 Å². The van der Waals surface area contributed by atoms with Crippen molar-refractivity contribution in [3.63, 3.8) is 0 Å². The summed E-state index contributed by atoms with van der Waals surface area (Å²) in [6.07, 6.45) is 0. The lowest BCUT2D eigenvalue weighted by atomic mass is 10.3. The molecule has 0 aliphatic heterocycles. The summed E-state index contributed by atoms with van der Waals surface area (Å²) >= 11 is 0. The van der Waals surface area contributed by atoms with Crippen LogP contribution in [0.15, 0.2) is 24.3 Å². The van der Waals surface area contributed by atoms with Crippen molar-refractivity contribution in [1.29, 1.82) is 0 Å². The Labute approximate surface area is 102 Å². The van der Waals surface area contributed by atoms with E-state index in [1.165, 1.54) is 0 Å². The molecule has 0 fully saturated rings. The molecule has 3 N–H and O–H groups in total. The molecular formula is C12H19N3O2. The second kappa shape index (κ2) is 6.75. The first kappa shape index (κ1) is 13.3. The molecule has 5 heteroatoms. The largest absolute Gasteiger partial charge is 0.497 e. The van der Waals surface area contributed by atoms with Crippen LogP contribution in [0.4, 0.5) is 10.5 Å². The molecule has 0 aliphatic carbocycles. The number of amides is 2. The molecule has 0 saturated heterocycles. The summed E-state index contributed by atoms with van der Waals surface area (Å²) in [4.78, 5) is 11.5. The summed E-state index contributed by atoms with van der Waals surface area (Å²) in [5, 5.41) is 8.55. The average molecular weight is 237 g/mol. The van der Waals surface area contributed by atoms with Gasteiger partial charge in [-0.15, -0.1) is 0 Å². The van der Waals surface area contributed by atoms with Crippen LogP contribution in [0, 0.1) is 0 Å². The van der Waals surface area contributed by atoms with Crippen LogP contribution < -0.4 is 20.7 Å². The van der Waals surface area contributed by atoms with Crippen LogP contribution in [0.2, 0.25) is 0 Å². The van der Waals surface area contributed by atoms with Crippen molar-refractivity contribution in [1.82, 2.24) is 10.6 Å². The van der Waals surface area contributed by atoms with E-state index in [1.807, 2.05) is 14.0 Å². The van der Waals surface area contributed by atoms with Crippen LogP contribution >= 0.6 is 0 Å². The Morgan fingerprint density at radius 1 is 1.35 bits per heavy atom. The number of nitrogens with one attached hydrogen (secondary N) is 3. The number of benzene rings is 1. The molecule has 0 heterocycles. The van der Waals surface area contributed by atoms with Crippen molar-refractivity contribution in [2.24, 2.45) is 0 Å². The molecule has 1 atom stereocenters. The van der Waals surface area contributed by atoms with E-state index in [2.05, 4.69) is 16.0 Å². The summed E-state index contributed by atoms with van der Waals surface area (Å²) < 4.78 is 5.03. The van der Waals surface area contributed by atoms with E-state index in [0.29, 0.717) is 6.54 Å². The molecule has 2 amide bonds. The highest BCUT2D eigenvalue weighted by Gasteiger charge is 2.03. The number of methoxy groups -OCH3 is 1. The van der Waals surface area contributed by atoms with Gasteiger partial charge in [-0.3, -0.25) is 0 Å². The molecule has 0 aromatic heterocycles. The predicted molar refractivity (Wildman–Crippen MR) is 68.5 cm³/mol. The quantitative estimate of drug-likeness (QED) is 0.726. The second-order valence-corrected chi connectivity index (χ2v) is 3.75. The maximum Gasteiger partial charge on any atom is 0.319 e. The number of carbonyl (C=O) groups is 1. The van der Waals surface area contributed by atoms with E-state index in [9.17, 15) is 4.79 Å². The Balaban J connectivity index is 2.39. The van der Waals surface area contributed by atoms with E-state index >= 15 is 0 Å². The van der Waals surface area contributed by atoms with E-state index in [1.54, 1.807) is 31.4 Å². The van der Waals surface area contributed by atoms with Gasteiger partial charge in [0.1, 0.15) is 5.75 Å². The Kier molecular flexibility index (Phi) is 5.29. The Morgan fingerprint density at radius 2 is 2.00 bits per heavy atom. The van der Waals surface area contributed by atoms with Gasteiger partial charge in [-0.1, -0.05) is 0 Å². The van der Waals surface area contributed by atoms with E-state index in [4.69, 9.17) is 4.74 Å². The summed E-state index contributed by atoms with van der Waals surface area (Å²) in [5.74, 6) is 0.764. The summed E-state index contributed by atoms with van der Waals surface area (Å²) in [5.41, 5.74) is 0.736. The molecule has 0 saturated carbocycles. The van der Waals surface area contributed by atoms with Gasteiger partial charge in [0.05, 0.1) is 7.11 Å². The maximum absolute atomic E-state index is 11.5. The van der Waals surface area contributed by atoms with Crippen LogP contribution in [0.3, 0.4) is 0 Å². The van der Waals surface area contributed by atoms with Crippen LogP contribution in [-0.2, 0) is 0 Å². The average Bonchev–Trinajstić information content (AvgIpc) is 2.36. The van der Waals surface area contributed by atoms with Crippen molar-refractivity contribution in [3.05, 3.63) is 24.3 Å². The number of rotatable bonds is 5. The van der Waals surface area contributed by atoms with Crippen molar-refractivity contribution in [2.75, 3.05) is 26.0 Å². The maximum atomic E-state index is 11.5. The summed E-state index contributed by atoms with van der Waals surface area (Å²) in [6, 6.07) is 7.21. The normalized spacial score (nSPS) is 11.7.